The van der Waals surface area contributed by atoms with Gasteiger partial charge in [0, 0.05) is 6.04 Å². The van der Waals surface area contributed by atoms with Crippen LogP contribution >= 0.6 is 0 Å². The lowest BCUT2D eigenvalue weighted by Crippen LogP contribution is -2.47. The molecule has 0 radical (unpaired) electrons. The first-order chi connectivity index (χ1) is 8.46. The van der Waals surface area contributed by atoms with Gasteiger partial charge in [-0.2, -0.15) is 0 Å². The topological polar surface area (TPSA) is 83.5 Å². The van der Waals surface area contributed by atoms with Gasteiger partial charge in [0.1, 0.15) is 0 Å². The number of nitrogens with one attached hydrogen (secondary N) is 1. The van der Waals surface area contributed by atoms with Gasteiger partial charge in [0.2, 0.25) is 10.0 Å². The molecule has 0 aromatic rings. The number of carboxylic acids is 1. The summed E-state index contributed by atoms with van der Waals surface area (Å²) in [5.41, 5.74) is 0. The number of hydrogen-bond donors (Lipinski definition) is 2. The van der Waals surface area contributed by atoms with Crippen molar-refractivity contribution < 1.29 is 18.3 Å². The lowest BCUT2D eigenvalue weighted by molar-refractivity contribution is -0.144. The van der Waals surface area contributed by atoms with E-state index in [0.29, 0.717) is 5.92 Å². The molecule has 6 heteroatoms. The van der Waals surface area contributed by atoms with Crippen LogP contribution in [-0.4, -0.2) is 31.3 Å². The highest BCUT2D eigenvalue weighted by atomic mass is 32.2. The van der Waals surface area contributed by atoms with Crippen LogP contribution in [0.5, 0.6) is 0 Å². The fourth-order valence-corrected chi connectivity index (χ4v) is 5.47. The monoisotopic (exact) mass is 273 g/mol. The van der Waals surface area contributed by atoms with E-state index in [9.17, 15) is 18.3 Å². The Kier molecular flexibility index (Phi) is 2.90. The van der Waals surface area contributed by atoms with E-state index in [1.54, 1.807) is 0 Å². The third-order valence-electron chi connectivity index (χ3n) is 4.67. The number of carbonyl (C=O) groups is 1. The zero-order valence-electron chi connectivity index (χ0n) is 10.2. The van der Waals surface area contributed by atoms with Crippen LogP contribution < -0.4 is 4.72 Å². The Morgan fingerprint density at radius 3 is 2.44 bits per heavy atom. The Labute approximate surface area is 107 Å². The second-order valence-corrected chi connectivity index (χ2v) is 7.86. The first-order valence-electron chi connectivity index (χ1n) is 6.69. The molecule has 2 N–H and O–H groups in total. The Bertz CT molecular complexity index is 457. The van der Waals surface area contributed by atoms with Crippen molar-refractivity contribution in [3.05, 3.63) is 0 Å². The van der Waals surface area contributed by atoms with Gasteiger partial charge in [0.05, 0.1) is 11.7 Å². The van der Waals surface area contributed by atoms with Gasteiger partial charge in [-0.1, -0.05) is 0 Å². The van der Waals surface area contributed by atoms with Crippen molar-refractivity contribution in [1.82, 2.24) is 4.72 Å². The van der Waals surface area contributed by atoms with Crippen molar-refractivity contribution in [3.8, 4) is 0 Å². The molecule has 5 nitrogen and oxygen atoms in total. The normalized spacial score (nSPS) is 39.1. The van der Waals surface area contributed by atoms with E-state index in [1.165, 1.54) is 0 Å². The number of rotatable bonds is 5. The van der Waals surface area contributed by atoms with Crippen molar-refractivity contribution in [2.75, 3.05) is 5.75 Å². The Morgan fingerprint density at radius 1 is 1.17 bits per heavy atom. The van der Waals surface area contributed by atoms with Crippen LogP contribution in [0.3, 0.4) is 0 Å². The molecule has 0 heterocycles. The molecule has 4 unspecified atom stereocenters. The zero-order chi connectivity index (χ0) is 12.9. The summed E-state index contributed by atoms with van der Waals surface area (Å²) in [4.78, 5) is 11.3. The summed E-state index contributed by atoms with van der Waals surface area (Å²) in [5, 5.41) is 9.26. The molecular formula is C12H19NO4S. The van der Waals surface area contributed by atoms with Gasteiger partial charge in [-0.05, 0) is 49.9 Å². The van der Waals surface area contributed by atoms with E-state index in [1.807, 2.05) is 0 Å². The molecule has 3 saturated carbocycles. The average Bonchev–Trinajstić information content (AvgIpc) is 2.84. The molecule has 0 aromatic carbocycles. The maximum absolute atomic E-state index is 12.0. The van der Waals surface area contributed by atoms with Crippen LogP contribution in [-0.2, 0) is 14.8 Å². The van der Waals surface area contributed by atoms with E-state index in [0.717, 1.165) is 32.1 Å². The van der Waals surface area contributed by atoms with E-state index >= 15 is 0 Å². The quantitative estimate of drug-likeness (QED) is 0.776. The van der Waals surface area contributed by atoms with Crippen LogP contribution in [0.25, 0.3) is 0 Å². The highest BCUT2D eigenvalue weighted by Gasteiger charge is 2.52. The van der Waals surface area contributed by atoms with E-state index < -0.39 is 21.9 Å². The van der Waals surface area contributed by atoms with Gasteiger partial charge >= 0.3 is 5.97 Å². The van der Waals surface area contributed by atoms with Crippen LogP contribution in [0, 0.1) is 23.7 Å². The largest absolute Gasteiger partial charge is 0.481 e. The standard InChI is InChI=1S/C12H19NO4S/c14-12(15)10-8-3-4-9(5-8)11(10)13-18(16,17)6-7-1-2-7/h7-11,13H,1-6H2,(H,14,15). The summed E-state index contributed by atoms with van der Waals surface area (Å²) in [7, 11) is -3.30. The molecule has 0 amide bonds. The van der Waals surface area contributed by atoms with E-state index in [2.05, 4.69) is 4.72 Å². The van der Waals surface area contributed by atoms with Crippen LogP contribution in [0.2, 0.25) is 0 Å². The summed E-state index contributed by atoms with van der Waals surface area (Å²) in [6.07, 6.45) is 4.74. The van der Waals surface area contributed by atoms with E-state index in [4.69, 9.17) is 0 Å². The molecule has 3 rings (SSSR count). The van der Waals surface area contributed by atoms with Crippen molar-refractivity contribution in [2.45, 2.75) is 38.1 Å². The Balaban J connectivity index is 1.72. The molecule has 18 heavy (non-hydrogen) atoms. The number of aliphatic carboxylic acids is 1. The second kappa shape index (κ2) is 4.20. The molecule has 3 fully saturated rings. The number of fused-ring (bicyclic) bond motifs is 2. The number of hydrogen-bond acceptors (Lipinski definition) is 3. The number of carboxylic acid groups (broad SMARTS) is 1. The second-order valence-electron chi connectivity index (χ2n) is 6.07. The van der Waals surface area contributed by atoms with E-state index in [-0.39, 0.29) is 23.6 Å². The molecule has 0 spiro atoms. The molecule has 4 atom stereocenters. The minimum atomic E-state index is -3.30. The van der Waals surface area contributed by atoms with Gasteiger partial charge in [-0.15, -0.1) is 0 Å². The summed E-state index contributed by atoms with van der Waals surface area (Å²) >= 11 is 0. The Morgan fingerprint density at radius 2 is 1.83 bits per heavy atom. The summed E-state index contributed by atoms with van der Waals surface area (Å²) < 4.78 is 26.6. The predicted molar refractivity (Wildman–Crippen MR) is 65.4 cm³/mol. The SMILES string of the molecule is O=C(O)C1C2CCC(C2)C1NS(=O)(=O)CC1CC1. The highest BCUT2D eigenvalue weighted by Crippen LogP contribution is 2.48. The molecule has 0 saturated heterocycles. The maximum atomic E-state index is 12.0. The smallest absolute Gasteiger partial charge is 0.308 e. The molecule has 0 aliphatic heterocycles. The first kappa shape index (κ1) is 12.4. The lowest BCUT2D eigenvalue weighted by atomic mass is 9.85. The number of sulfonamides is 1. The molecule has 102 valence electrons. The molecule has 0 aromatic heterocycles. The summed E-state index contributed by atoms with van der Waals surface area (Å²) in [6.45, 7) is 0. The maximum Gasteiger partial charge on any atom is 0.308 e. The molecule has 3 aliphatic rings. The minimum Gasteiger partial charge on any atom is -0.481 e. The van der Waals surface area contributed by atoms with Crippen molar-refractivity contribution in [1.29, 1.82) is 0 Å². The molecule has 3 aliphatic carbocycles. The molecule has 2 bridgehead atoms. The fraction of sp³-hybridized carbons (Fsp3) is 0.917. The van der Waals surface area contributed by atoms with Gasteiger partial charge in [-0.3, -0.25) is 4.79 Å². The van der Waals surface area contributed by atoms with Gasteiger partial charge in [0.25, 0.3) is 0 Å². The molecular weight excluding hydrogens is 254 g/mol. The van der Waals surface area contributed by atoms with Crippen molar-refractivity contribution in [2.24, 2.45) is 23.7 Å². The third-order valence-corrected chi connectivity index (χ3v) is 6.21. The average molecular weight is 273 g/mol. The predicted octanol–water partition coefficient (Wildman–Crippen LogP) is 0.815. The van der Waals surface area contributed by atoms with Crippen molar-refractivity contribution >= 4 is 16.0 Å². The minimum absolute atomic E-state index is 0.168. The van der Waals surface area contributed by atoms with Gasteiger partial charge < -0.3 is 5.11 Å². The first-order valence-corrected chi connectivity index (χ1v) is 8.34. The third kappa shape index (κ3) is 2.28. The van der Waals surface area contributed by atoms with Gasteiger partial charge in [-0.25, -0.2) is 13.1 Å². The zero-order valence-corrected chi connectivity index (χ0v) is 11.0. The summed E-state index contributed by atoms with van der Waals surface area (Å²) in [5.74, 6) is -0.498. The summed E-state index contributed by atoms with van der Waals surface area (Å²) in [6, 6.07) is -0.370. The van der Waals surface area contributed by atoms with Crippen LogP contribution in [0.4, 0.5) is 0 Å². The lowest BCUT2D eigenvalue weighted by Gasteiger charge is -2.28. The highest BCUT2D eigenvalue weighted by molar-refractivity contribution is 7.89. The van der Waals surface area contributed by atoms with Crippen molar-refractivity contribution in [3.63, 3.8) is 0 Å². The van der Waals surface area contributed by atoms with Crippen LogP contribution in [0.15, 0.2) is 0 Å². The van der Waals surface area contributed by atoms with Crippen LogP contribution in [0.1, 0.15) is 32.1 Å². The van der Waals surface area contributed by atoms with Gasteiger partial charge in [0.15, 0.2) is 0 Å². The Hall–Kier alpha value is -0.620. The fourth-order valence-electron chi connectivity index (χ4n) is 3.67.